The number of amides is 1. The summed E-state index contributed by atoms with van der Waals surface area (Å²) >= 11 is 3.32. The fraction of sp³-hybridized carbons (Fsp3) is 0.333. The Hall–Kier alpha value is -1.97. The summed E-state index contributed by atoms with van der Waals surface area (Å²) in [5.41, 5.74) is 0.485. The van der Waals surface area contributed by atoms with E-state index in [2.05, 4.69) is 31.1 Å². The first-order valence-electron chi connectivity index (χ1n) is 8.64. The number of halogens is 1. The Morgan fingerprint density at radius 3 is 2.44 bits per heavy atom. The monoisotopic (exact) mass is 452 g/mol. The molecule has 0 saturated carbocycles. The molecule has 7 nitrogen and oxygen atoms in total. The van der Waals surface area contributed by atoms with Gasteiger partial charge in [0.15, 0.2) is 0 Å². The van der Waals surface area contributed by atoms with Gasteiger partial charge in [-0.3, -0.25) is 4.79 Å². The van der Waals surface area contributed by atoms with E-state index in [1.54, 1.807) is 24.4 Å². The van der Waals surface area contributed by atoms with Crippen molar-refractivity contribution < 1.29 is 13.2 Å². The highest BCUT2D eigenvalue weighted by molar-refractivity contribution is 9.10. The second kappa shape index (κ2) is 8.81. The highest BCUT2D eigenvalue weighted by atomic mass is 79.9. The molecule has 0 radical (unpaired) electrons. The summed E-state index contributed by atoms with van der Waals surface area (Å²) in [6.45, 7) is 2.09. The zero-order valence-electron chi connectivity index (χ0n) is 14.7. The van der Waals surface area contributed by atoms with E-state index < -0.39 is 10.0 Å². The number of nitrogens with one attached hydrogen (secondary N) is 1. The lowest BCUT2D eigenvalue weighted by Crippen LogP contribution is -2.50. The van der Waals surface area contributed by atoms with Crippen LogP contribution in [0, 0.1) is 0 Å². The predicted octanol–water partition coefficient (Wildman–Crippen LogP) is 1.73. The summed E-state index contributed by atoms with van der Waals surface area (Å²) in [7, 11) is -3.42. The molecule has 2 aromatic rings. The highest BCUT2D eigenvalue weighted by Gasteiger charge is 2.27. The maximum atomic E-state index is 12.5. The number of anilines is 1. The maximum Gasteiger partial charge on any atom is 0.252 e. The largest absolute Gasteiger partial charge is 0.354 e. The normalized spacial score (nSPS) is 15.5. The second-order valence-electron chi connectivity index (χ2n) is 6.13. The standard InChI is InChI=1S/C18H21BrN4O3S/c19-16-6-2-1-5-15(16)18(24)21-9-14-27(25,26)23-12-10-22(11-13-23)17-7-3-4-8-20-17/h1-8H,9-14H2,(H,21,24). The van der Waals surface area contributed by atoms with E-state index in [9.17, 15) is 13.2 Å². The van der Waals surface area contributed by atoms with Crippen molar-refractivity contribution in [1.82, 2.24) is 14.6 Å². The molecule has 1 aliphatic heterocycles. The van der Waals surface area contributed by atoms with Gasteiger partial charge in [-0.25, -0.2) is 13.4 Å². The first kappa shape index (κ1) is 19.8. The van der Waals surface area contributed by atoms with Crippen LogP contribution >= 0.6 is 15.9 Å². The molecule has 1 aromatic heterocycles. The highest BCUT2D eigenvalue weighted by Crippen LogP contribution is 2.16. The lowest BCUT2D eigenvalue weighted by molar-refractivity contribution is 0.0955. The van der Waals surface area contributed by atoms with Gasteiger partial charge in [0, 0.05) is 43.4 Å². The van der Waals surface area contributed by atoms with E-state index in [1.807, 2.05) is 24.3 Å². The van der Waals surface area contributed by atoms with Gasteiger partial charge in [-0.15, -0.1) is 0 Å². The van der Waals surface area contributed by atoms with Crippen molar-refractivity contribution in [3.05, 3.63) is 58.7 Å². The van der Waals surface area contributed by atoms with Crippen LogP contribution in [0.5, 0.6) is 0 Å². The fourth-order valence-corrected chi connectivity index (χ4v) is 4.70. The molecule has 3 rings (SSSR count). The molecular formula is C18H21BrN4O3S. The number of hydrogen-bond acceptors (Lipinski definition) is 5. The molecule has 9 heteroatoms. The Morgan fingerprint density at radius 1 is 1.07 bits per heavy atom. The van der Waals surface area contributed by atoms with Crippen LogP contribution in [0.2, 0.25) is 0 Å². The maximum absolute atomic E-state index is 12.5. The van der Waals surface area contributed by atoms with Crippen molar-refractivity contribution in [2.45, 2.75) is 0 Å². The molecule has 1 aliphatic rings. The van der Waals surface area contributed by atoms with E-state index in [1.165, 1.54) is 4.31 Å². The van der Waals surface area contributed by atoms with Crippen molar-refractivity contribution >= 4 is 37.7 Å². The van der Waals surface area contributed by atoms with E-state index in [4.69, 9.17) is 0 Å². The van der Waals surface area contributed by atoms with Crippen molar-refractivity contribution in [3.8, 4) is 0 Å². The van der Waals surface area contributed by atoms with Crippen LogP contribution in [0.15, 0.2) is 53.1 Å². The van der Waals surface area contributed by atoms with E-state index in [0.717, 1.165) is 5.82 Å². The van der Waals surface area contributed by atoms with Crippen LogP contribution in [0.1, 0.15) is 10.4 Å². The number of sulfonamides is 1. The molecule has 0 atom stereocenters. The zero-order chi connectivity index (χ0) is 19.3. The number of rotatable bonds is 6. The number of pyridine rings is 1. The number of nitrogens with zero attached hydrogens (tertiary/aromatic N) is 3. The third-order valence-corrected chi connectivity index (χ3v) is 6.93. The van der Waals surface area contributed by atoms with E-state index in [-0.39, 0.29) is 18.2 Å². The predicted molar refractivity (Wildman–Crippen MR) is 108 cm³/mol. The quantitative estimate of drug-likeness (QED) is 0.721. The Morgan fingerprint density at radius 2 is 1.78 bits per heavy atom. The minimum Gasteiger partial charge on any atom is -0.354 e. The molecule has 1 amide bonds. The molecule has 0 unspecified atom stereocenters. The molecule has 1 fully saturated rings. The fourth-order valence-electron chi connectivity index (χ4n) is 2.90. The van der Waals surface area contributed by atoms with Gasteiger partial charge in [0.05, 0.1) is 11.3 Å². The number of benzene rings is 1. The average Bonchev–Trinajstić information content (AvgIpc) is 2.69. The van der Waals surface area contributed by atoms with Crippen molar-refractivity contribution in [3.63, 3.8) is 0 Å². The lowest BCUT2D eigenvalue weighted by Gasteiger charge is -2.34. The SMILES string of the molecule is O=C(NCCS(=O)(=O)N1CCN(c2ccccn2)CC1)c1ccccc1Br. The van der Waals surface area contributed by atoms with Gasteiger partial charge >= 0.3 is 0 Å². The molecule has 1 N–H and O–H groups in total. The molecule has 0 spiro atoms. The number of aromatic nitrogens is 1. The Balaban J connectivity index is 1.49. The summed E-state index contributed by atoms with van der Waals surface area (Å²) in [4.78, 5) is 18.5. The van der Waals surface area contributed by atoms with E-state index >= 15 is 0 Å². The van der Waals surface area contributed by atoms with Crippen LogP contribution in [0.3, 0.4) is 0 Å². The molecule has 0 bridgehead atoms. The first-order chi connectivity index (χ1) is 13.0. The second-order valence-corrected chi connectivity index (χ2v) is 9.07. The minimum atomic E-state index is -3.42. The number of carbonyl (C=O) groups excluding carboxylic acids is 1. The summed E-state index contributed by atoms with van der Waals surface area (Å²) in [5, 5.41) is 2.67. The summed E-state index contributed by atoms with van der Waals surface area (Å²) in [6, 6.07) is 12.7. The van der Waals surface area contributed by atoms with Gasteiger partial charge in [0.1, 0.15) is 5.82 Å². The van der Waals surface area contributed by atoms with Gasteiger partial charge in [0.2, 0.25) is 10.0 Å². The van der Waals surface area contributed by atoms with Crippen LogP contribution < -0.4 is 10.2 Å². The Labute approximate surface area is 167 Å². The number of piperazine rings is 1. The minimum absolute atomic E-state index is 0.0724. The van der Waals surface area contributed by atoms with Crippen LogP contribution in [0.25, 0.3) is 0 Å². The lowest BCUT2D eigenvalue weighted by atomic mass is 10.2. The van der Waals surface area contributed by atoms with Gasteiger partial charge in [-0.05, 0) is 40.2 Å². The Bertz CT molecular complexity index is 884. The Kier molecular flexibility index (Phi) is 6.46. The van der Waals surface area contributed by atoms with Gasteiger partial charge in [0.25, 0.3) is 5.91 Å². The number of carbonyl (C=O) groups is 1. The third kappa shape index (κ3) is 5.06. The topological polar surface area (TPSA) is 82.6 Å². The van der Waals surface area contributed by atoms with Gasteiger partial charge in [-0.1, -0.05) is 18.2 Å². The molecule has 1 saturated heterocycles. The zero-order valence-corrected chi connectivity index (χ0v) is 17.1. The van der Waals surface area contributed by atoms with Crippen LogP contribution in [-0.2, 0) is 10.0 Å². The van der Waals surface area contributed by atoms with Gasteiger partial charge in [-0.2, -0.15) is 4.31 Å². The van der Waals surface area contributed by atoms with Crippen LogP contribution in [0.4, 0.5) is 5.82 Å². The molecule has 2 heterocycles. The average molecular weight is 453 g/mol. The summed E-state index contributed by atoms with van der Waals surface area (Å²) in [5.74, 6) is 0.445. The van der Waals surface area contributed by atoms with Crippen molar-refractivity contribution in [1.29, 1.82) is 0 Å². The summed E-state index contributed by atoms with van der Waals surface area (Å²) in [6.07, 6.45) is 1.73. The van der Waals surface area contributed by atoms with Crippen LogP contribution in [-0.4, -0.2) is 62.1 Å². The molecule has 144 valence electrons. The van der Waals surface area contributed by atoms with E-state index in [0.29, 0.717) is 36.2 Å². The molecular weight excluding hydrogens is 432 g/mol. The third-order valence-electron chi connectivity index (χ3n) is 4.37. The first-order valence-corrected chi connectivity index (χ1v) is 11.0. The number of hydrogen-bond donors (Lipinski definition) is 1. The smallest absolute Gasteiger partial charge is 0.252 e. The molecule has 1 aromatic carbocycles. The molecule has 27 heavy (non-hydrogen) atoms. The molecule has 0 aliphatic carbocycles. The van der Waals surface area contributed by atoms with Crippen molar-refractivity contribution in [2.24, 2.45) is 0 Å². The van der Waals surface area contributed by atoms with Gasteiger partial charge < -0.3 is 10.2 Å². The van der Waals surface area contributed by atoms with Crippen molar-refractivity contribution in [2.75, 3.05) is 43.4 Å². The summed E-state index contributed by atoms with van der Waals surface area (Å²) < 4.78 is 27.2.